The SMILES string of the molecule is BrCC(Br)[CH]CC(Br)CBr. The normalized spacial score (nSPS) is 16.8. The van der Waals surface area contributed by atoms with Crippen LogP contribution in [-0.2, 0) is 0 Å². The predicted molar refractivity (Wildman–Crippen MR) is 61.9 cm³/mol. The lowest BCUT2D eigenvalue weighted by Gasteiger charge is -2.07. The van der Waals surface area contributed by atoms with Gasteiger partial charge in [-0.15, -0.1) is 0 Å². The molecule has 0 rings (SSSR count). The highest BCUT2D eigenvalue weighted by molar-refractivity contribution is 9.12. The molecular formula is C6H9Br4. The fraction of sp³-hybridized carbons (Fsp3) is 0.833. The molecule has 10 heavy (non-hydrogen) atoms. The summed E-state index contributed by atoms with van der Waals surface area (Å²) in [5.41, 5.74) is 0. The molecule has 0 aromatic heterocycles. The van der Waals surface area contributed by atoms with Crippen molar-refractivity contribution < 1.29 is 0 Å². The van der Waals surface area contributed by atoms with Gasteiger partial charge in [-0.25, -0.2) is 0 Å². The molecule has 0 bridgehead atoms. The van der Waals surface area contributed by atoms with Crippen LogP contribution in [0.4, 0.5) is 0 Å². The summed E-state index contributed by atoms with van der Waals surface area (Å²) in [4.78, 5) is 1.05. The zero-order valence-electron chi connectivity index (χ0n) is 5.37. The topological polar surface area (TPSA) is 0 Å². The Bertz CT molecular complexity index is 66.1. The van der Waals surface area contributed by atoms with E-state index in [4.69, 9.17) is 0 Å². The number of hydrogen-bond acceptors (Lipinski definition) is 0. The van der Waals surface area contributed by atoms with Crippen LogP contribution in [0.5, 0.6) is 0 Å². The molecule has 0 aliphatic heterocycles. The Balaban J connectivity index is 3.17. The van der Waals surface area contributed by atoms with Gasteiger partial charge in [-0.3, -0.25) is 0 Å². The van der Waals surface area contributed by atoms with Crippen molar-refractivity contribution in [3.05, 3.63) is 6.42 Å². The maximum Gasteiger partial charge on any atom is 0.0274 e. The van der Waals surface area contributed by atoms with Gasteiger partial charge in [0.15, 0.2) is 0 Å². The second kappa shape index (κ2) is 7.56. The fourth-order valence-corrected chi connectivity index (χ4v) is 1.38. The second-order valence-corrected chi connectivity index (χ2v) is 5.66. The molecule has 2 unspecified atom stereocenters. The molecule has 0 aromatic carbocycles. The van der Waals surface area contributed by atoms with E-state index in [1.54, 1.807) is 0 Å². The summed E-state index contributed by atoms with van der Waals surface area (Å²) in [6, 6.07) is 0. The molecular weight excluding hydrogens is 392 g/mol. The Kier molecular flexibility index (Phi) is 9.02. The second-order valence-electron chi connectivity index (χ2n) is 1.89. The van der Waals surface area contributed by atoms with Gasteiger partial charge in [0.25, 0.3) is 0 Å². The highest BCUT2D eigenvalue weighted by atomic mass is 79.9. The third-order valence-electron chi connectivity index (χ3n) is 0.962. The van der Waals surface area contributed by atoms with Gasteiger partial charge in [0.1, 0.15) is 0 Å². The predicted octanol–water partition coefficient (Wildman–Crippen LogP) is 3.90. The quantitative estimate of drug-likeness (QED) is 0.614. The van der Waals surface area contributed by atoms with E-state index in [9.17, 15) is 0 Å². The van der Waals surface area contributed by atoms with Crippen LogP contribution in [0.2, 0.25) is 0 Å². The Morgan fingerprint density at radius 1 is 1.10 bits per heavy atom. The van der Waals surface area contributed by atoms with Crippen LogP contribution in [0.25, 0.3) is 0 Å². The number of rotatable bonds is 5. The smallest absolute Gasteiger partial charge is 0.0274 e. The Labute approximate surface area is 96.0 Å². The molecule has 0 fully saturated rings. The Morgan fingerprint density at radius 3 is 2.10 bits per heavy atom. The maximum atomic E-state index is 3.52. The molecule has 4 heteroatoms. The van der Waals surface area contributed by atoms with Gasteiger partial charge in [-0.05, 0) is 12.8 Å². The van der Waals surface area contributed by atoms with Gasteiger partial charge in [-0.1, -0.05) is 63.7 Å². The highest BCUT2D eigenvalue weighted by Crippen LogP contribution is 2.16. The average molecular weight is 401 g/mol. The van der Waals surface area contributed by atoms with E-state index in [2.05, 4.69) is 70.1 Å². The summed E-state index contributed by atoms with van der Waals surface area (Å²) in [6.07, 6.45) is 3.34. The lowest BCUT2D eigenvalue weighted by Crippen LogP contribution is -2.06. The first kappa shape index (κ1) is 11.9. The van der Waals surface area contributed by atoms with E-state index in [0.29, 0.717) is 9.65 Å². The van der Waals surface area contributed by atoms with E-state index in [-0.39, 0.29) is 0 Å². The summed E-state index contributed by atoms with van der Waals surface area (Å²) < 4.78 is 0. The van der Waals surface area contributed by atoms with Crippen LogP contribution in [0.15, 0.2) is 0 Å². The van der Waals surface area contributed by atoms with E-state index in [1.165, 1.54) is 0 Å². The van der Waals surface area contributed by atoms with E-state index >= 15 is 0 Å². The first-order valence-corrected chi connectivity index (χ1v) is 7.01. The van der Waals surface area contributed by atoms with Gasteiger partial charge >= 0.3 is 0 Å². The summed E-state index contributed by atoms with van der Waals surface area (Å²) in [5, 5.41) is 1.99. The molecule has 0 aliphatic rings. The standard InChI is InChI=1S/C6H9Br4/c7-3-5(9)1-2-6(10)4-8/h1,5-6H,2-4H2. The van der Waals surface area contributed by atoms with E-state index in [1.807, 2.05) is 0 Å². The van der Waals surface area contributed by atoms with Gasteiger partial charge in [0.05, 0.1) is 0 Å². The van der Waals surface area contributed by atoms with Gasteiger partial charge in [0, 0.05) is 20.3 Å². The zero-order chi connectivity index (χ0) is 7.98. The van der Waals surface area contributed by atoms with Crippen LogP contribution in [0, 0.1) is 6.42 Å². The van der Waals surface area contributed by atoms with Gasteiger partial charge < -0.3 is 0 Å². The lowest BCUT2D eigenvalue weighted by molar-refractivity contribution is 0.911. The van der Waals surface area contributed by atoms with Crippen LogP contribution in [-0.4, -0.2) is 20.3 Å². The molecule has 2 atom stereocenters. The first-order valence-electron chi connectivity index (χ1n) is 2.94. The van der Waals surface area contributed by atoms with Gasteiger partial charge in [0.2, 0.25) is 0 Å². The lowest BCUT2D eigenvalue weighted by atomic mass is 10.2. The van der Waals surface area contributed by atoms with Crippen molar-refractivity contribution in [2.75, 3.05) is 10.7 Å². The van der Waals surface area contributed by atoms with Crippen LogP contribution < -0.4 is 0 Å². The molecule has 0 saturated heterocycles. The third kappa shape index (κ3) is 6.62. The Hall–Kier alpha value is 1.92. The van der Waals surface area contributed by atoms with Crippen molar-refractivity contribution in [1.29, 1.82) is 0 Å². The minimum atomic E-state index is 0.492. The van der Waals surface area contributed by atoms with Crippen LogP contribution in [0.3, 0.4) is 0 Å². The van der Waals surface area contributed by atoms with Crippen molar-refractivity contribution in [3.63, 3.8) is 0 Å². The Morgan fingerprint density at radius 2 is 1.70 bits per heavy atom. The van der Waals surface area contributed by atoms with Crippen molar-refractivity contribution >= 4 is 63.7 Å². The third-order valence-corrected chi connectivity index (χ3v) is 5.57. The summed E-state index contributed by atoms with van der Waals surface area (Å²) in [6.45, 7) is 0. The molecule has 0 spiro atoms. The monoisotopic (exact) mass is 397 g/mol. The van der Waals surface area contributed by atoms with Crippen molar-refractivity contribution in [2.24, 2.45) is 0 Å². The molecule has 61 valence electrons. The average Bonchev–Trinajstić information content (AvgIpc) is 1.99. The molecule has 0 aromatic rings. The largest absolute Gasteiger partial charge is 0.0916 e. The molecule has 0 nitrogen and oxygen atoms in total. The molecule has 0 saturated carbocycles. The van der Waals surface area contributed by atoms with Crippen molar-refractivity contribution in [3.8, 4) is 0 Å². The zero-order valence-corrected chi connectivity index (χ0v) is 11.7. The highest BCUT2D eigenvalue weighted by Gasteiger charge is 2.06. The molecule has 0 N–H and O–H groups in total. The van der Waals surface area contributed by atoms with Gasteiger partial charge in [-0.2, -0.15) is 0 Å². The molecule has 1 radical (unpaired) electrons. The first-order chi connectivity index (χ1) is 4.70. The number of alkyl halides is 4. The number of halogens is 4. The molecule has 0 heterocycles. The summed E-state index contributed by atoms with van der Waals surface area (Å²) in [7, 11) is 0. The minimum Gasteiger partial charge on any atom is -0.0916 e. The van der Waals surface area contributed by atoms with E-state index in [0.717, 1.165) is 17.1 Å². The summed E-state index contributed by atoms with van der Waals surface area (Å²) >= 11 is 13.8. The van der Waals surface area contributed by atoms with E-state index < -0.39 is 0 Å². The molecule has 0 amide bonds. The van der Waals surface area contributed by atoms with Crippen molar-refractivity contribution in [2.45, 2.75) is 16.1 Å². The summed E-state index contributed by atoms with van der Waals surface area (Å²) in [5.74, 6) is 0. The fourth-order valence-electron chi connectivity index (χ4n) is 0.421. The molecule has 0 aliphatic carbocycles. The van der Waals surface area contributed by atoms with Crippen molar-refractivity contribution in [1.82, 2.24) is 0 Å². The maximum absolute atomic E-state index is 3.52. The number of hydrogen-bond donors (Lipinski definition) is 0. The van der Waals surface area contributed by atoms with Crippen LogP contribution in [0.1, 0.15) is 6.42 Å². The van der Waals surface area contributed by atoms with Crippen LogP contribution >= 0.6 is 63.7 Å². The minimum absolute atomic E-state index is 0.492.